The van der Waals surface area contributed by atoms with E-state index in [0.717, 1.165) is 30.2 Å². The highest BCUT2D eigenvalue weighted by Crippen LogP contribution is 2.37. The van der Waals surface area contributed by atoms with E-state index in [1.807, 2.05) is 31.2 Å². The van der Waals surface area contributed by atoms with E-state index in [1.165, 1.54) is 12.1 Å². The van der Waals surface area contributed by atoms with Crippen LogP contribution in [0.1, 0.15) is 25.3 Å². The number of rotatable bonds is 7. The lowest BCUT2D eigenvalue weighted by Crippen LogP contribution is -2.40. The molecule has 0 amide bonds. The quantitative estimate of drug-likeness (QED) is 0.578. The zero-order valence-corrected chi connectivity index (χ0v) is 15.2. The van der Waals surface area contributed by atoms with E-state index in [9.17, 15) is 14.5 Å². The lowest BCUT2D eigenvalue weighted by atomic mass is 9.74. The molecule has 1 fully saturated rings. The summed E-state index contributed by atoms with van der Waals surface area (Å²) in [5.74, 6) is -0.0377. The number of benzene rings is 2. The molecule has 27 heavy (non-hydrogen) atoms. The Morgan fingerprint density at radius 3 is 2.56 bits per heavy atom. The van der Waals surface area contributed by atoms with Gasteiger partial charge >= 0.3 is 5.69 Å². The number of hydrogen-bond acceptors (Lipinski definition) is 5. The highest BCUT2D eigenvalue weighted by Gasteiger charge is 2.35. The fourth-order valence-corrected chi connectivity index (χ4v) is 3.51. The predicted octanol–water partition coefficient (Wildman–Crippen LogP) is 4.29. The van der Waals surface area contributed by atoms with E-state index in [2.05, 4.69) is 5.32 Å². The zero-order chi connectivity index (χ0) is 19.3. The number of nitro benzene ring substituents is 1. The average Bonchev–Trinajstić information content (AvgIpc) is 2.67. The number of hydrogen-bond donors (Lipinski definition) is 1. The summed E-state index contributed by atoms with van der Waals surface area (Å²) >= 11 is 0. The fraction of sp³-hybridized carbons (Fsp3) is 0.400. The van der Waals surface area contributed by atoms with Gasteiger partial charge in [-0.15, -0.1) is 0 Å². The first-order valence-electron chi connectivity index (χ1n) is 9.03. The summed E-state index contributed by atoms with van der Waals surface area (Å²) in [6, 6.07) is 12.0. The van der Waals surface area contributed by atoms with Gasteiger partial charge in [0, 0.05) is 25.2 Å². The average molecular weight is 374 g/mol. The number of nitrogens with zero attached hydrogens (tertiary/aromatic N) is 1. The summed E-state index contributed by atoms with van der Waals surface area (Å²) in [5, 5.41) is 14.3. The van der Waals surface area contributed by atoms with Gasteiger partial charge in [0.15, 0.2) is 0 Å². The van der Waals surface area contributed by atoms with Crippen molar-refractivity contribution in [1.82, 2.24) is 0 Å². The first-order valence-corrected chi connectivity index (χ1v) is 9.03. The molecule has 2 aromatic rings. The second kappa shape index (κ2) is 8.35. The van der Waals surface area contributed by atoms with Gasteiger partial charge in [-0.1, -0.05) is 18.2 Å². The number of para-hydroxylation sites is 1. The first-order chi connectivity index (χ1) is 13.1. The largest absolute Gasteiger partial charge is 0.494 e. The summed E-state index contributed by atoms with van der Waals surface area (Å²) in [7, 11) is 0. The van der Waals surface area contributed by atoms with Crippen LogP contribution < -0.4 is 10.1 Å². The third kappa shape index (κ3) is 4.19. The Balaban J connectivity index is 1.86. The molecule has 1 heterocycles. The van der Waals surface area contributed by atoms with Gasteiger partial charge in [-0.05, 0) is 49.6 Å². The molecule has 1 aliphatic rings. The molecule has 7 heteroatoms. The predicted molar refractivity (Wildman–Crippen MR) is 101 cm³/mol. The van der Waals surface area contributed by atoms with Crippen molar-refractivity contribution in [2.45, 2.75) is 25.2 Å². The minimum absolute atomic E-state index is 0.191. The molecule has 0 aromatic heterocycles. The molecule has 6 nitrogen and oxygen atoms in total. The van der Waals surface area contributed by atoms with Gasteiger partial charge in [0.1, 0.15) is 11.4 Å². The van der Waals surface area contributed by atoms with Crippen molar-refractivity contribution in [1.29, 1.82) is 0 Å². The molecule has 3 rings (SSSR count). The van der Waals surface area contributed by atoms with Crippen molar-refractivity contribution in [2.75, 3.05) is 31.7 Å². The van der Waals surface area contributed by atoms with Crippen LogP contribution in [0.2, 0.25) is 0 Å². The summed E-state index contributed by atoms with van der Waals surface area (Å²) < 4.78 is 24.9. The van der Waals surface area contributed by atoms with Crippen molar-refractivity contribution < 1.29 is 18.8 Å². The van der Waals surface area contributed by atoms with Gasteiger partial charge in [-0.2, -0.15) is 4.39 Å². The van der Waals surface area contributed by atoms with Crippen LogP contribution in [-0.4, -0.2) is 31.3 Å². The van der Waals surface area contributed by atoms with E-state index in [0.29, 0.717) is 26.4 Å². The monoisotopic (exact) mass is 374 g/mol. The van der Waals surface area contributed by atoms with E-state index in [4.69, 9.17) is 9.47 Å². The molecular formula is C20H23FN2O4. The lowest BCUT2D eigenvalue weighted by Gasteiger charge is -2.38. The second-order valence-corrected chi connectivity index (χ2v) is 6.60. The number of nitrogens with one attached hydrogen (secondary N) is 1. The number of nitro groups is 1. The van der Waals surface area contributed by atoms with Crippen molar-refractivity contribution in [3.63, 3.8) is 0 Å². The Hall–Kier alpha value is -2.67. The van der Waals surface area contributed by atoms with Crippen LogP contribution >= 0.6 is 0 Å². The highest BCUT2D eigenvalue weighted by atomic mass is 19.1. The molecule has 1 N–H and O–H groups in total. The topological polar surface area (TPSA) is 73.6 Å². The van der Waals surface area contributed by atoms with Crippen molar-refractivity contribution in [2.24, 2.45) is 0 Å². The van der Waals surface area contributed by atoms with Gasteiger partial charge in [0.05, 0.1) is 11.5 Å². The van der Waals surface area contributed by atoms with E-state index in [1.54, 1.807) is 0 Å². The summed E-state index contributed by atoms with van der Waals surface area (Å²) in [6.07, 6.45) is 1.55. The van der Waals surface area contributed by atoms with Gasteiger partial charge in [-0.3, -0.25) is 10.1 Å². The minimum Gasteiger partial charge on any atom is -0.494 e. The molecular weight excluding hydrogens is 351 g/mol. The van der Waals surface area contributed by atoms with Crippen molar-refractivity contribution >= 4 is 11.4 Å². The van der Waals surface area contributed by atoms with Gasteiger partial charge in [0.2, 0.25) is 5.82 Å². The van der Waals surface area contributed by atoms with Crippen LogP contribution in [0.25, 0.3) is 0 Å². The number of halogens is 1. The van der Waals surface area contributed by atoms with Gasteiger partial charge < -0.3 is 14.8 Å². The second-order valence-electron chi connectivity index (χ2n) is 6.60. The molecule has 1 aliphatic heterocycles. The molecule has 0 spiro atoms. The van der Waals surface area contributed by atoms with Crippen molar-refractivity contribution in [3.8, 4) is 5.75 Å². The standard InChI is InChI=1S/C20H23FN2O4/c1-2-27-16-8-6-15(7-9-16)20(10-12-26-13-11-20)14-22-18-5-3-4-17(21)19(18)23(24)25/h3-9,22H,2,10-14H2,1H3. The number of anilines is 1. The third-order valence-electron chi connectivity index (χ3n) is 5.01. The van der Waals surface area contributed by atoms with E-state index < -0.39 is 16.4 Å². The smallest absolute Gasteiger partial charge is 0.327 e. The van der Waals surface area contributed by atoms with Gasteiger partial charge in [-0.25, -0.2) is 0 Å². The summed E-state index contributed by atoms with van der Waals surface area (Å²) in [4.78, 5) is 10.5. The molecule has 144 valence electrons. The Bertz CT molecular complexity index is 789. The first kappa shape index (κ1) is 19.1. The lowest BCUT2D eigenvalue weighted by molar-refractivity contribution is -0.386. The zero-order valence-electron chi connectivity index (χ0n) is 15.2. The SMILES string of the molecule is CCOc1ccc(C2(CNc3cccc(F)c3[N+](=O)[O-])CCOCC2)cc1. The number of ether oxygens (including phenoxy) is 2. The van der Waals surface area contributed by atoms with Crippen LogP contribution in [0.15, 0.2) is 42.5 Å². The maximum absolute atomic E-state index is 13.9. The Kier molecular flexibility index (Phi) is 5.91. The van der Waals surface area contributed by atoms with Crippen LogP contribution in [0.5, 0.6) is 5.75 Å². The minimum atomic E-state index is -0.841. The van der Waals surface area contributed by atoms with Gasteiger partial charge in [0.25, 0.3) is 0 Å². The fourth-order valence-electron chi connectivity index (χ4n) is 3.51. The Morgan fingerprint density at radius 1 is 1.22 bits per heavy atom. The summed E-state index contributed by atoms with van der Waals surface area (Å²) in [5.41, 5.74) is 0.535. The highest BCUT2D eigenvalue weighted by molar-refractivity contribution is 5.62. The molecule has 2 aromatic carbocycles. The van der Waals surface area contributed by atoms with E-state index >= 15 is 0 Å². The normalized spacial score (nSPS) is 15.9. The third-order valence-corrected chi connectivity index (χ3v) is 5.01. The Labute approximate surface area is 157 Å². The van der Waals surface area contributed by atoms with Crippen molar-refractivity contribution in [3.05, 3.63) is 64.0 Å². The molecule has 0 aliphatic carbocycles. The van der Waals surface area contributed by atoms with E-state index in [-0.39, 0.29) is 11.1 Å². The Morgan fingerprint density at radius 2 is 1.93 bits per heavy atom. The molecule has 0 saturated carbocycles. The van der Waals surface area contributed by atoms with Crippen LogP contribution in [0, 0.1) is 15.9 Å². The van der Waals surface area contributed by atoms with Crippen LogP contribution in [0.3, 0.4) is 0 Å². The molecule has 1 saturated heterocycles. The molecule has 0 bridgehead atoms. The molecule has 0 unspecified atom stereocenters. The summed E-state index contributed by atoms with van der Waals surface area (Å²) in [6.45, 7) is 4.21. The maximum Gasteiger partial charge on any atom is 0.327 e. The molecule has 0 atom stereocenters. The van der Waals surface area contributed by atoms with Crippen LogP contribution in [0.4, 0.5) is 15.8 Å². The maximum atomic E-state index is 13.9. The molecule has 0 radical (unpaired) electrons. The van der Waals surface area contributed by atoms with Crippen LogP contribution in [-0.2, 0) is 10.2 Å².